The maximum Gasteiger partial charge on any atom is 0.180 e. The molecule has 2 rings (SSSR count). The first-order valence-electron chi connectivity index (χ1n) is 8.17. The Labute approximate surface area is 144 Å². The highest BCUT2D eigenvalue weighted by Crippen LogP contribution is 2.46. The maximum atomic E-state index is 12.5. The zero-order chi connectivity index (χ0) is 18.3. The minimum Gasteiger partial charge on any atom is -0.497 e. The Hall–Kier alpha value is -2.28. The molecule has 0 amide bonds. The number of fused-ring (bicyclic) bond motifs is 1. The van der Waals surface area contributed by atoms with Crippen LogP contribution in [-0.4, -0.2) is 18.9 Å². The Bertz CT molecular complexity index is 733. The molecule has 0 fully saturated rings. The lowest BCUT2D eigenvalue weighted by molar-refractivity contribution is -0.122. The van der Waals surface area contributed by atoms with Gasteiger partial charge in [-0.3, -0.25) is 4.79 Å². The number of nitrogens with zero attached hydrogens (tertiary/aromatic N) is 2. The number of methoxy groups -OCH3 is 1. The number of hydrogen-bond donors (Lipinski definition) is 0. The summed E-state index contributed by atoms with van der Waals surface area (Å²) in [5.74, 6) is 0.670. The second-order valence-electron chi connectivity index (χ2n) is 7.92. The molecule has 1 aliphatic rings. The van der Waals surface area contributed by atoms with Gasteiger partial charge in [-0.1, -0.05) is 34.6 Å². The molecule has 1 heterocycles. The van der Waals surface area contributed by atoms with Gasteiger partial charge in [-0.2, -0.15) is 5.26 Å². The van der Waals surface area contributed by atoms with Crippen LogP contribution in [-0.2, 0) is 10.2 Å². The molecule has 24 heavy (non-hydrogen) atoms. The summed E-state index contributed by atoms with van der Waals surface area (Å²) in [6, 6.07) is 8.14. The van der Waals surface area contributed by atoms with Crippen molar-refractivity contribution in [3.8, 4) is 11.8 Å². The van der Waals surface area contributed by atoms with E-state index in [2.05, 4.69) is 26.8 Å². The lowest BCUT2D eigenvalue weighted by atomic mass is 9.81. The number of anilines is 1. The molecule has 0 bridgehead atoms. The van der Waals surface area contributed by atoms with Crippen molar-refractivity contribution >= 4 is 11.5 Å². The van der Waals surface area contributed by atoms with Gasteiger partial charge in [-0.25, -0.2) is 0 Å². The van der Waals surface area contributed by atoms with Crippen molar-refractivity contribution in [2.75, 3.05) is 12.0 Å². The number of ketones is 1. The number of Topliss-reactive ketones (excluding diaryl/α,β-unsaturated/α-hetero) is 1. The van der Waals surface area contributed by atoms with E-state index in [1.807, 2.05) is 43.9 Å². The normalized spacial score (nSPS) is 19.7. The van der Waals surface area contributed by atoms with Gasteiger partial charge in [0.25, 0.3) is 0 Å². The number of carbonyl (C=O) groups excluding carboxylic acids is 1. The van der Waals surface area contributed by atoms with Gasteiger partial charge < -0.3 is 9.64 Å². The third kappa shape index (κ3) is 2.91. The van der Waals surface area contributed by atoms with Gasteiger partial charge in [0, 0.05) is 28.8 Å². The van der Waals surface area contributed by atoms with Crippen molar-refractivity contribution < 1.29 is 9.53 Å². The Morgan fingerprint density at radius 3 is 2.50 bits per heavy atom. The number of carbonyl (C=O) groups is 1. The van der Waals surface area contributed by atoms with E-state index in [0.29, 0.717) is 0 Å². The first kappa shape index (κ1) is 18.1. The largest absolute Gasteiger partial charge is 0.497 e. The van der Waals surface area contributed by atoms with Crippen LogP contribution in [0.25, 0.3) is 0 Å². The maximum absolute atomic E-state index is 12.5. The minimum atomic E-state index is -0.581. The smallest absolute Gasteiger partial charge is 0.180 e. The van der Waals surface area contributed by atoms with Crippen molar-refractivity contribution in [2.24, 2.45) is 5.41 Å². The molecule has 1 unspecified atom stereocenters. The highest BCUT2D eigenvalue weighted by Gasteiger charge is 2.42. The molecule has 1 atom stereocenters. The first-order valence-corrected chi connectivity index (χ1v) is 8.17. The van der Waals surface area contributed by atoms with Crippen LogP contribution in [0.15, 0.2) is 30.0 Å². The monoisotopic (exact) mass is 326 g/mol. The quantitative estimate of drug-likeness (QED) is 0.617. The summed E-state index contributed by atoms with van der Waals surface area (Å²) in [5.41, 5.74) is 1.66. The standard InChI is InChI=1S/C20H26N2O2/c1-13-20(5,6)16-10-15(24-7)8-9-17(16)22(13)12-14(11-21)18(23)19(2,3)4/h8-10,12-13H,1-7H3/b14-12-. The molecule has 0 radical (unpaired) electrons. The number of nitriles is 1. The van der Waals surface area contributed by atoms with E-state index in [1.54, 1.807) is 13.3 Å². The lowest BCUT2D eigenvalue weighted by Crippen LogP contribution is -2.36. The molecule has 4 heteroatoms. The first-order chi connectivity index (χ1) is 11.0. The van der Waals surface area contributed by atoms with Gasteiger partial charge in [0.05, 0.1) is 7.11 Å². The topological polar surface area (TPSA) is 53.3 Å². The molecule has 0 spiro atoms. The zero-order valence-corrected chi connectivity index (χ0v) is 15.6. The number of ether oxygens (including phenoxy) is 1. The van der Waals surface area contributed by atoms with E-state index in [1.165, 1.54) is 0 Å². The average molecular weight is 326 g/mol. The van der Waals surface area contributed by atoms with Gasteiger partial charge in [-0.05, 0) is 30.7 Å². The van der Waals surface area contributed by atoms with E-state index < -0.39 is 5.41 Å². The van der Waals surface area contributed by atoms with E-state index in [9.17, 15) is 10.1 Å². The molecule has 0 saturated carbocycles. The van der Waals surface area contributed by atoms with Crippen LogP contribution in [0.3, 0.4) is 0 Å². The summed E-state index contributed by atoms with van der Waals surface area (Å²) in [7, 11) is 1.65. The number of hydrogen-bond acceptors (Lipinski definition) is 4. The van der Waals surface area contributed by atoms with Gasteiger partial charge in [-0.15, -0.1) is 0 Å². The van der Waals surface area contributed by atoms with Gasteiger partial charge in [0.1, 0.15) is 17.4 Å². The molecule has 1 aromatic carbocycles. The summed E-state index contributed by atoms with van der Waals surface area (Å²) < 4.78 is 5.35. The molecule has 0 saturated heterocycles. The van der Waals surface area contributed by atoms with Crippen molar-refractivity contribution in [1.29, 1.82) is 5.26 Å². The highest BCUT2D eigenvalue weighted by atomic mass is 16.5. The van der Waals surface area contributed by atoms with Crippen molar-refractivity contribution in [1.82, 2.24) is 0 Å². The molecular formula is C20H26N2O2. The summed E-state index contributed by atoms with van der Waals surface area (Å²) in [4.78, 5) is 14.6. The summed E-state index contributed by atoms with van der Waals surface area (Å²) in [6.07, 6.45) is 1.71. The van der Waals surface area contributed by atoms with Crippen LogP contribution in [0, 0.1) is 16.7 Å². The number of rotatable bonds is 3. The zero-order valence-electron chi connectivity index (χ0n) is 15.6. The molecule has 128 valence electrons. The van der Waals surface area contributed by atoms with Crippen LogP contribution in [0.4, 0.5) is 5.69 Å². The predicted octanol–water partition coefficient (Wildman–Crippen LogP) is 4.20. The third-order valence-electron chi connectivity index (χ3n) is 4.95. The SMILES string of the molecule is COc1ccc2c(c1)C(C)(C)C(C)N2/C=C(/C#N)C(=O)C(C)(C)C. The average Bonchev–Trinajstić information content (AvgIpc) is 2.71. The van der Waals surface area contributed by atoms with E-state index in [0.717, 1.165) is 17.0 Å². The number of benzene rings is 1. The Morgan fingerprint density at radius 1 is 1.38 bits per heavy atom. The van der Waals surface area contributed by atoms with Crippen LogP contribution in [0.2, 0.25) is 0 Å². The second-order valence-corrected chi connectivity index (χ2v) is 7.92. The molecular weight excluding hydrogens is 300 g/mol. The van der Waals surface area contributed by atoms with Crippen LogP contribution in [0.5, 0.6) is 5.75 Å². The lowest BCUT2D eigenvalue weighted by Gasteiger charge is -2.29. The van der Waals surface area contributed by atoms with Gasteiger partial charge in [0.15, 0.2) is 5.78 Å². The van der Waals surface area contributed by atoms with Crippen molar-refractivity contribution in [3.05, 3.63) is 35.5 Å². The van der Waals surface area contributed by atoms with Crippen LogP contribution in [0.1, 0.15) is 47.1 Å². The third-order valence-corrected chi connectivity index (χ3v) is 4.95. The Morgan fingerprint density at radius 2 is 2.00 bits per heavy atom. The van der Waals surface area contributed by atoms with Crippen LogP contribution >= 0.6 is 0 Å². The molecule has 0 aliphatic carbocycles. The fraction of sp³-hybridized carbons (Fsp3) is 0.500. The fourth-order valence-corrected chi connectivity index (χ4v) is 3.03. The molecule has 0 aromatic heterocycles. The highest BCUT2D eigenvalue weighted by molar-refractivity contribution is 6.02. The second kappa shape index (κ2) is 5.98. The fourth-order valence-electron chi connectivity index (χ4n) is 3.03. The van der Waals surface area contributed by atoms with Gasteiger partial charge >= 0.3 is 0 Å². The van der Waals surface area contributed by atoms with Gasteiger partial charge in [0.2, 0.25) is 0 Å². The Kier molecular flexibility index (Phi) is 4.50. The summed E-state index contributed by atoms with van der Waals surface area (Å²) in [5, 5.41) is 9.48. The minimum absolute atomic E-state index is 0.119. The van der Waals surface area contributed by atoms with Crippen molar-refractivity contribution in [3.63, 3.8) is 0 Å². The molecule has 0 N–H and O–H groups in total. The predicted molar refractivity (Wildman–Crippen MR) is 96.1 cm³/mol. The van der Waals surface area contributed by atoms with E-state index >= 15 is 0 Å². The summed E-state index contributed by atoms with van der Waals surface area (Å²) in [6.45, 7) is 11.9. The van der Waals surface area contributed by atoms with E-state index in [-0.39, 0.29) is 22.8 Å². The summed E-state index contributed by atoms with van der Waals surface area (Å²) >= 11 is 0. The Balaban J connectivity index is 2.55. The van der Waals surface area contributed by atoms with Crippen molar-refractivity contribution in [2.45, 2.75) is 53.0 Å². The van der Waals surface area contributed by atoms with E-state index in [4.69, 9.17) is 4.74 Å². The van der Waals surface area contributed by atoms with Crippen LogP contribution < -0.4 is 9.64 Å². The molecule has 1 aliphatic heterocycles. The molecule has 1 aromatic rings. The number of allylic oxidation sites excluding steroid dienone is 1. The molecule has 4 nitrogen and oxygen atoms in total.